The van der Waals surface area contributed by atoms with Crippen molar-refractivity contribution < 1.29 is 15.0 Å². The average molecular weight is 205 g/mol. The maximum absolute atomic E-state index is 10.2. The Kier molecular flexibility index (Phi) is 2.96. The van der Waals surface area contributed by atoms with Crippen LogP contribution in [0, 0.1) is 3.95 Å². The van der Waals surface area contributed by atoms with Crippen LogP contribution in [0.25, 0.3) is 0 Å². The fraction of sp³-hybridized carbons (Fsp3) is 0.333. The van der Waals surface area contributed by atoms with Gasteiger partial charge in [0.2, 0.25) is 0 Å². The number of nitrogens with one attached hydrogen (secondary N) is 1. The Morgan fingerprint density at radius 2 is 2.50 bits per heavy atom. The van der Waals surface area contributed by atoms with Gasteiger partial charge < -0.3 is 15.2 Å². The number of H-pyrrole nitrogens is 1. The first-order valence-electron chi connectivity index (χ1n) is 3.18. The summed E-state index contributed by atoms with van der Waals surface area (Å²) in [5.41, 5.74) is 0. The number of aliphatic hydroxyl groups excluding tert-OH is 1. The summed E-state index contributed by atoms with van der Waals surface area (Å²) in [5.74, 6) is -1.03. The van der Waals surface area contributed by atoms with Crippen LogP contribution in [0.4, 0.5) is 0 Å². The molecule has 0 saturated carbocycles. The van der Waals surface area contributed by atoms with Gasteiger partial charge in [0.1, 0.15) is 6.10 Å². The molecule has 4 nitrogen and oxygen atoms in total. The van der Waals surface area contributed by atoms with Crippen LogP contribution in [0.5, 0.6) is 0 Å². The van der Waals surface area contributed by atoms with Crippen molar-refractivity contribution in [3.8, 4) is 0 Å². The Hall–Kier alpha value is -0.720. The number of aliphatic hydroxyl groups is 1. The average Bonchev–Trinajstić information content (AvgIpc) is 2.34. The third-order valence-corrected chi connectivity index (χ3v) is 2.54. The second-order valence-corrected chi connectivity index (χ2v) is 3.94. The van der Waals surface area contributed by atoms with Crippen LogP contribution in [0.1, 0.15) is 17.4 Å². The normalized spacial score (nSPS) is 12.8. The molecule has 0 aliphatic heterocycles. The van der Waals surface area contributed by atoms with E-state index in [1.807, 2.05) is 0 Å². The molecule has 0 bridgehead atoms. The SMILES string of the molecule is O=C(O)CC(O)c1c[nH]c(=S)s1. The zero-order chi connectivity index (χ0) is 9.14. The highest BCUT2D eigenvalue weighted by molar-refractivity contribution is 7.73. The number of aromatic amines is 1. The number of hydrogen-bond donors (Lipinski definition) is 3. The lowest BCUT2D eigenvalue weighted by Crippen LogP contribution is -2.03. The van der Waals surface area contributed by atoms with Crippen molar-refractivity contribution in [2.75, 3.05) is 0 Å². The van der Waals surface area contributed by atoms with Crippen molar-refractivity contribution in [3.05, 3.63) is 15.0 Å². The molecule has 1 atom stereocenters. The van der Waals surface area contributed by atoms with Crippen LogP contribution in [-0.2, 0) is 4.79 Å². The van der Waals surface area contributed by atoms with E-state index in [1.54, 1.807) is 0 Å². The first-order valence-corrected chi connectivity index (χ1v) is 4.40. The van der Waals surface area contributed by atoms with Crippen molar-refractivity contribution >= 4 is 29.5 Å². The van der Waals surface area contributed by atoms with Crippen molar-refractivity contribution in [1.29, 1.82) is 0 Å². The first-order chi connectivity index (χ1) is 5.59. The monoisotopic (exact) mass is 205 g/mol. The molecule has 0 aromatic carbocycles. The quantitative estimate of drug-likeness (QED) is 0.650. The van der Waals surface area contributed by atoms with Gasteiger partial charge in [0, 0.05) is 6.20 Å². The number of aromatic nitrogens is 1. The molecule has 1 rings (SSSR count). The molecule has 1 aromatic rings. The van der Waals surface area contributed by atoms with E-state index < -0.39 is 12.1 Å². The van der Waals surface area contributed by atoms with Crippen LogP contribution in [-0.4, -0.2) is 21.2 Å². The largest absolute Gasteiger partial charge is 0.481 e. The molecule has 0 aliphatic carbocycles. The fourth-order valence-corrected chi connectivity index (χ4v) is 1.74. The molecule has 0 aliphatic rings. The zero-order valence-corrected chi connectivity index (χ0v) is 7.61. The van der Waals surface area contributed by atoms with Gasteiger partial charge in [-0.2, -0.15) is 0 Å². The van der Waals surface area contributed by atoms with E-state index in [0.717, 1.165) is 0 Å². The molecule has 12 heavy (non-hydrogen) atoms. The maximum Gasteiger partial charge on any atom is 0.306 e. The van der Waals surface area contributed by atoms with Crippen molar-refractivity contribution in [1.82, 2.24) is 4.98 Å². The lowest BCUT2D eigenvalue weighted by Gasteiger charge is -2.02. The van der Waals surface area contributed by atoms with E-state index in [9.17, 15) is 9.90 Å². The van der Waals surface area contributed by atoms with Crippen molar-refractivity contribution in [2.45, 2.75) is 12.5 Å². The van der Waals surface area contributed by atoms with E-state index >= 15 is 0 Å². The predicted octanol–water partition coefficient (Wildman–Crippen LogP) is 1.31. The summed E-state index contributed by atoms with van der Waals surface area (Å²) < 4.78 is 0.537. The summed E-state index contributed by atoms with van der Waals surface area (Å²) in [6, 6.07) is 0. The minimum Gasteiger partial charge on any atom is -0.481 e. The van der Waals surface area contributed by atoms with Crippen molar-refractivity contribution in [3.63, 3.8) is 0 Å². The molecule has 1 heterocycles. The zero-order valence-electron chi connectivity index (χ0n) is 5.98. The highest BCUT2D eigenvalue weighted by atomic mass is 32.1. The van der Waals surface area contributed by atoms with Gasteiger partial charge in [0.05, 0.1) is 11.3 Å². The van der Waals surface area contributed by atoms with Gasteiger partial charge in [-0.1, -0.05) is 0 Å². The van der Waals surface area contributed by atoms with Crippen molar-refractivity contribution in [2.24, 2.45) is 0 Å². The Morgan fingerprint density at radius 1 is 1.83 bits per heavy atom. The molecule has 66 valence electrons. The molecule has 1 aromatic heterocycles. The predicted molar refractivity (Wildman–Crippen MR) is 46.7 cm³/mol. The standard InChI is InChI=1S/C6H7NO3S2/c8-3(1-5(9)10)4-2-7-6(11)12-4/h2-3,8H,1H2,(H,7,11)(H,9,10). The minimum absolute atomic E-state index is 0.289. The maximum atomic E-state index is 10.2. The molecule has 0 saturated heterocycles. The van der Waals surface area contributed by atoms with E-state index in [2.05, 4.69) is 4.98 Å². The molecule has 1 unspecified atom stereocenters. The van der Waals surface area contributed by atoms with E-state index in [-0.39, 0.29) is 6.42 Å². The van der Waals surface area contributed by atoms with Gasteiger partial charge >= 0.3 is 5.97 Å². The van der Waals surface area contributed by atoms with E-state index in [0.29, 0.717) is 8.83 Å². The van der Waals surface area contributed by atoms with Gasteiger partial charge in [-0.15, -0.1) is 11.3 Å². The lowest BCUT2D eigenvalue weighted by atomic mass is 10.2. The van der Waals surface area contributed by atoms with Crippen LogP contribution >= 0.6 is 23.6 Å². The van der Waals surface area contributed by atoms with Gasteiger partial charge in [0.15, 0.2) is 3.95 Å². The summed E-state index contributed by atoms with van der Waals surface area (Å²) >= 11 is 5.95. The lowest BCUT2D eigenvalue weighted by molar-refractivity contribution is -0.139. The Labute approximate surface area is 77.5 Å². The molecule has 0 amide bonds. The number of carbonyl (C=O) groups is 1. The summed E-state index contributed by atoms with van der Waals surface area (Å²) in [7, 11) is 0. The number of thiazole rings is 1. The van der Waals surface area contributed by atoms with Crippen LogP contribution in [0.3, 0.4) is 0 Å². The number of carboxylic acids is 1. The van der Waals surface area contributed by atoms with Gasteiger partial charge in [-0.25, -0.2) is 0 Å². The number of rotatable bonds is 3. The number of carboxylic acid groups (broad SMARTS) is 1. The Morgan fingerprint density at radius 3 is 2.92 bits per heavy atom. The topological polar surface area (TPSA) is 73.3 Å². The smallest absolute Gasteiger partial charge is 0.306 e. The highest BCUT2D eigenvalue weighted by Gasteiger charge is 2.13. The van der Waals surface area contributed by atoms with Gasteiger partial charge in [-0.3, -0.25) is 4.79 Å². The Balaban J connectivity index is 2.71. The van der Waals surface area contributed by atoms with Gasteiger partial charge in [0.25, 0.3) is 0 Å². The molecule has 0 spiro atoms. The summed E-state index contributed by atoms with van der Waals surface area (Å²) in [6.07, 6.45) is 0.282. The van der Waals surface area contributed by atoms with E-state index in [1.165, 1.54) is 17.5 Å². The number of hydrogen-bond acceptors (Lipinski definition) is 4. The third-order valence-electron chi connectivity index (χ3n) is 1.24. The Bertz CT molecular complexity index is 330. The highest BCUT2D eigenvalue weighted by Crippen LogP contribution is 2.20. The minimum atomic E-state index is -1.03. The second-order valence-electron chi connectivity index (χ2n) is 2.19. The summed E-state index contributed by atoms with van der Waals surface area (Å²) in [4.78, 5) is 13.5. The second kappa shape index (κ2) is 3.79. The first kappa shape index (κ1) is 9.37. The molecule has 0 radical (unpaired) electrons. The summed E-state index contributed by atoms with van der Waals surface area (Å²) in [6.45, 7) is 0. The van der Waals surface area contributed by atoms with E-state index in [4.69, 9.17) is 17.3 Å². The van der Waals surface area contributed by atoms with Crippen LogP contribution in [0.15, 0.2) is 6.20 Å². The molecule has 0 fully saturated rings. The fourth-order valence-electron chi connectivity index (χ4n) is 0.726. The molecule has 6 heteroatoms. The summed E-state index contributed by atoms with van der Waals surface area (Å²) in [5, 5.41) is 17.6. The molecular formula is C6H7NO3S2. The third kappa shape index (κ3) is 2.40. The van der Waals surface area contributed by atoms with Crippen LogP contribution < -0.4 is 0 Å². The van der Waals surface area contributed by atoms with Crippen LogP contribution in [0.2, 0.25) is 0 Å². The van der Waals surface area contributed by atoms with Gasteiger partial charge in [-0.05, 0) is 12.2 Å². The molecular weight excluding hydrogens is 198 g/mol. The number of aliphatic carboxylic acids is 1. The molecule has 3 N–H and O–H groups in total.